The van der Waals surface area contributed by atoms with Crippen molar-refractivity contribution in [1.82, 2.24) is 0 Å². The van der Waals surface area contributed by atoms with Gasteiger partial charge in [0.1, 0.15) is 6.10 Å². The maximum absolute atomic E-state index is 5.62. The topological polar surface area (TPSA) is 9.23 Å². The molecule has 0 aliphatic carbocycles. The Kier molecular flexibility index (Phi) is 4.60. The molecule has 76 valence electrons. The zero-order chi connectivity index (χ0) is 10.4. The lowest BCUT2D eigenvalue weighted by molar-refractivity contribution is 0.227. The first kappa shape index (κ1) is 11.2. The highest BCUT2D eigenvalue weighted by Crippen LogP contribution is 2.20. The largest absolute Gasteiger partial charge is 0.479 e. The van der Waals surface area contributed by atoms with Crippen LogP contribution in [0.5, 0.6) is 0 Å². The van der Waals surface area contributed by atoms with E-state index in [9.17, 15) is 0 Å². The van der Waals surface area contributed by atoms with E-state index in [4.69, 9.17) is 17.0 Å². The minimum atomic E-state index is 0.0706. The minimum absolute atomic E-state index is 0.0706. The Morgan fingerprint density at radius 1 is 1.50 bits per heavy atom. The van der Waals surface area contributed by atoms with E-state index in [-0.39, 0.29) is 6.10 Å². The van der Waals surface area contributed by atoms with E-state index in [0.29, 0.717) is 0 Å². The van der Waals surface area contributed by atoms with Gasteiger partial charge in [0, 0.05) is 6.42 Å². The highest BCUT2D eigenvalue weighted by Gasteiger charge is 2.17. The molecule has 1 nitrogen and oxygen atoms in total. The van der Waals surface area contributed by atoms with Crippen LogP contribution in [0.25, 0.3) is 0 Å². The van der Waals surface area contributed by atoms with Crippen LogP contribution in [0.15, 0.2) is 37.0 Å². The second-order valence-corrected chi connectivity index (χ2v) is 3.85. The molecule has 0 saturated carbocycles. The van der Waals surface area contributed by atoms with E-state index in [0.717, 1.165) is 36.3 Å². The van der Waals surface area contributed by atoms with Crippen molar-refractivity contribution in [3.63, 3.8) is 0 Å². The molecule has 0 aromatic heterocycles. The fourth-order valence-electron chi connectivity index (χ4n) is 1.44. The lowest BCUT2D eigenvalue weighted by atomic mass is 10.1. The molecular weight excluding hydrogens is 192 g/mol. The van der Waals surface area contributed by atoms with Crippen molar-refractivity contribution in [1.29, 1.82) is 0 Å². The minimum Gasteiger partial charge on any atom is -0.479 e. The zero-order valence-corrected chi connectivity index (χ0v) is 9.19. The van der Waals surface area contributed by atoms with Crippen LogP contribution < -0.4 is 0 Å². The van der Waals surface area contributed by atoms with Crippen molar-refractivity contribution in [3.05, 3.63) is 37.0 Å². The SMILES string of the molecule is C=C/C=C\C(=C)C1CCCCC(=S)O1. The summed E-state index contributed by atoms with van der Waals surface area (Å²) in [6, 6.07) is 0. The lowest BCUT2D eigenvalue weighted by Gasteiger charge is -2.16. The summed E-state index contributed by atoms with van der Waals surface area (Å²) < 4.78 is 5.62. The van der Waals surface area contributed by atoms with Crippen molar-refractivity contribution in [3.8, 4) is 0 Å². The van der Waals surface area contributed by atoms with Gasteiger partial charge in [-0.25, -0.2) is 0 Å². The molecule has 0 aromatic carbocycles. The molecular formula is C12H16OS. The monoisotopic (exact) mass is 208 g/mol. The Balaban J connectivity index is 2.56. The van der Waals surface area contributed by atoms with Crippen LogP contribution in [0.3, 0.4) is 0 Å². The molecule has 1 fully saturated rings. The summed E-state index contributed by atoms with van der Waals surface area (Å²) in [6.45, 7) is 7.59. The number of allylic oxidation sites excluding steroid dienone is 2. The molecule has 14 heavy (non-hydrogen) atoms. The third-order valence-electron chi connectivity index (χ3n) is 2.23. The van der Waals surface area contributed by atoms with E-state index < -0.39 is 0 Å². The van der Waals surface area contributed by atoms with Gasteiger partial charge in [-0.15, -0.1) is 0 Å². The fraction of sp³-hybridized carbons (Fsp3) is 0.417. The van der Waals surface area contributed by atoms with E-state index in [1.165, 1.54) is 0 Å². The first-order chi connectivity index (χ1) is 6.74. The average Bonchev–Trinajstić information content (AvgIpc) is 2.39. The Morgan fingerprint density at radius 3 is 3.00 bits per heavy atom. The summed E-state index contributed by atoms with van der Waals surface area (Å²) in [7, 11) is 0. The van der Waals surface area contributed by atoms with E-state index in [1.807, 2.05) is 12.2 Å². The highest BCUT2D eigenvalue weighted by molar-refractivity contribution is 7.80. The van der Waals surface area contributed by atoms with Crippen LogP contribution in [-0.2, 0) is 4.74 Å². The van der Waals surface area contributed by atoms with Gasteiger partial charge < -0.3 is 4.74 Å². The van der Waals surface area contributed by atoms with Crippen LogP contribution in [0.2, 0.25) is 0 Å². The number of hydrogen-bond donors (Lipinski definition) is 0. The van der Waals surface area contributed by atoms with Gasteiger partial charge >= 0.3 is 0 Å². The van der Waals surface area contributed by atoms with Crippen molar-refractivity contribution in [2.24, 2.45) is 0 Å². The number of hydrogen-bond acceptors (Lipinski definition) is 2. The van der Waals surface area contributed by atoms with E-state index in [2.05, 4.69) is 13.2 Å². The summed E-state index contributed by atoms with van der Waals surface area (Å²) >= 11 is 5.09. The molecule has 1 atom stereocenters. The third kappa shape index (κ3) is 3.46. The molecule has 1 heterocycles. The maximum atomic E-state index is 5.62. The Morgan fingerprint density at radius 2 is 2.29 bits per heavy atom. The molecule has 0 spiro atoms. The molecule has 1 saturated heterocycles. The molecule has 1 aliphatic rings. The van der Waals surface area contributed by atoms with Crippen LogP contribution in [0.1, 0.15) is 25.7 Å². The number of thiocarbonyl (C=S) groups is 1. The van der Waals surface area contributed by atoms with Gasteiger partial charge in [0.15, 0.2) is 5.05 Å². The fourth-order valence-corrected chi connectivity index (χ4v) is 1.70. The van der Waals surface area contributed by atoms with Gasteiger partial charge in [-0.2, -0.15) is 0 Å². The molecule has 0 aromatic rings. The quantitative estimate of drug-likeness (QED) is 0.518. The second kappa shape index (κ2) is 5.76. The van der Waals surface area contributed by atoms with Gasteiger partial charge in [0.05, 0.1) is 0 Å². The Hall–Kier alpha value is -0.890. The average molecular weight is 208 g/mol. The molecule has 1 aliphatic heterocycles. The lowest BCUT2D eigenvalue weighted by Crippen LogP contribution is -2.15. The number of rotatable bonds is 3. The van der Waals surface area contributed by atoms with Crippen LogP contribution in [0.4, 0.5) is 0 Å². The molecule has 2 heteroatoms. The molecule has 1 unspecified atom stereocenters. The molecule has 0 bridgehead atoms. The van der Waals surface area contributed by atoms with Gasteiger partial charge in [0.25, 0.3) is 0 Å². The Bertz CT molecular complexity index is 265. The highest BCUT2D eigenvalue weighted by atomic mass is 32.1. The molecule has 1 rings (SSSR count). The zero-order valence-electron chi connectivity index (χ0n) is 8.37. The van der Waals surface area contributed by atoms with Crippen LogP contribution in [-0.4, -0.2) is 11.2 Å². The summed E-state index contributed by atoms with van der Waals surface area (Å²) in [6.07, 6.45) is 9.83. The van der Waals surface area contributed by atoms with Crippen LogP contribution in [0, 0.1) is 0 Å². The first-order valence-electron chi connectivity index (χ1n) is 4.91. The smallest absolute Gasteiger partial charge is 0.160 e. The van der Waals surface area contributed by atoms with E-state index >= 15 is 0 Å². The second-order valence-electron chi connectivity index (χ2n) is 3.39. The van der Waals surface area contributed by atoms with Gasteiger partial charge in [0.2, 0.25) is 0 Å². The van der Waals surface area contributed by atoms with Crippen molar-refractivity contribution >= 4 is 17.3 Å². The van der Waals surface area contributed by atoms with Crippen molar-refractivity contribution in [2.45, 2.75) is 31.8 Å². The Labute approximate surface area is 91.2 Å². The first-order valence-corrected chi connectivity index (χ1v) is 5.32. The molecule has 0 amide bonds. The van der Waals surface area contributed by atoms with Gasteiger partial charge in [-0.1, -0.05) is 31.4 Å². The summed E-state index contributed by atoms with van der Waals surface area (Å²) in [4.78, 5) is 0. The van der Waals surface area contributed by atoms with Crippen molar-refractivity contribution in [2.75, 3.05) is 0 Å². The standard InChI is InChI=1S/C12H16OS/c1-3-4-7-10(2)11-8-5-6-9-12(14)13-11/h3-4,7,11H,1-2,5-6,8-9H2/b7-4-. The van der Waals surface area contributed by atoms with E-state index in [1.54, 1.807) is 6.08 Å². The third-order valence-corrected chi connectivity index (χ3v) is 2.53. The van der Waals surface area contributed by atoms with Crippen molar-refractivity contribution < 1.29 is 4.74 Å². The van der Waals surface area contributed by atoms with Gasteiger partial charge in [-0.05, 0) is 37.1 Å². The number of ether oxygens (including phenoxy) is 1. The predicted octanol–water partition coefficient (Wildman–Crippen LogP) is 3.57. The molecule has 0 N–H and O–H groups in total. The van der Waals surface area contributed by atoms with Crippen LogP contribution >= 0.6 is 12.2 Å². The summed E-state index contributed by atoms with van der Waals surface area (Å²) in [5.74, 6) is 0. The summed E-state index contributed by atoms with van der Waals surface area (Å²) in [5.41, 5.74) is 0.981. The normalized spacial score (nSPS) is 22.9. The maximum Gasteiger partial charge on any atom is 0.160 e. The summed E-state index contributed by atoms with van der Waals surface area (Å²) in [5, 5.41) is 0.723. The molecule has 0 radical (unpaired) electrons. The van der Waals surface area contributed by atoms with Gasteiger partial charge in [-0.3, -0.25) is 0 Å². The predicted molar refractivity (Wildman–Crippen MR) is 64.4 cm³/mol.